The molecule has 19 heavy (non-hydrogen) atoms. The average molecular weight is 262 g/mol. The van der Waals surface area contributed by atoms with Gasteiger partial charge in [0.15, 0.2) is 0 Å². The van der Waals surface area contributed by atoms with E-state index in [0.717, 1.165) is 37.1 Å². The van der Waals surface area contributed by atoms with Crippen molar-refractivity contribution in [2.45, 2.75) is 39.3 Å². The van der Waals surface area contributed by atoms with Crippen LogP contribution in [-0.2, 0) is 11.4 Å². The van der Waals surface area contributed by atoms with Crippen molar-refractivity contribution in [2.24, 2.45) is 0 Å². The highest BCUT2D eigenvalue weighted by atomic mass is 16.3. The van der Waals surface area contributed by atoms with E-state index in [9.17, 15) is 9.90 Å². The lowest BCUT2D eigenvalue weighted by molar-refractivity contribution is -0.119. The molecule has 1 aliphatic heterocycles. The summed E-state index contributed by atoms with van der Waals surface area (Å²) in [7, 11) is 0. The fourth-order valence-corrected chi connectivity index (χ4v) is 2.62. The van der Waals surface area contributed by atoms with E-state index in [0.29, 0.717) is 6.04 Å². The SMILES string of the molecule is CC(=O)NC1CCN(c2ccc(CO)c(C)c2)CC1. The van der Waals surface area contributed by atoms with Crippen molar-refractivity contribution < 1.29 is 9.90 Å². The Morgan fingerprint density at radius 2 is 2.11 bits per heavy atom. The Hall–Kier alpha value is -1.55. The van der Waals surface area contributed by atoms with E-state index in [2.05, 4.69) is 22.3 Å². The zero-order valence-electron chi connectivity index (χ0n) is 11.6. The molecule has 1 heterocycles. The smallest absolute Gasteiger partial charge is 0.217 e. The largest absolute Gasteiger partial charge is 0.392 e. The summed E-state index contributed by atoms with van der Waals surface area (Å²) in [5, 5.41) is 12.2. The highest BCUT2D eigenvalue weighted by Crippen LogP contribution is 2.23. The zero-order valence-corrected chi connectivity index (χ0v) is 11.6. The van der Waals surface area contributed by atoms with Gasteiger partial charge in [0, 0.05) is 31.7 Å². The van der Waals surface area contributed by atoms with Crippen molar-refractivity contribution in [1.29, 1.82) is 0 Å². The maximum absolute atomic E-state index is 11.0. The first-order chi connectivity index (χ1) is 9.10. The maximum atomic E-state index is 11.0. The van der Waals surface area contributed by atoms with Crippen LogP contribution in [-0.4, -0.2) is 30.1 Å². The fraction of sp³-hybridized carbons (Fsp3) is 0.533. The molecule has 0 spiro atoms. The molecule has 0 aromatic heterocycles. The highest BCUT2D eigenvalue weighted by molar-refractivity contribution is 5.73. The molecule has 4 heteroatoms. The summed E-state index contributed by atoms with van der Waals surface area (Å²) in [4.78, 5) is 13.4. The van der Waals surface area contributed by atoms with E-state index in [4.69, 9.17) is 0 Å². The molecular weight excluding hydrogens is 240 g/mol. The molecule has 1 amide bonds. The van der Waals surface area contributed by atoms with Gasteiger partial charge in [-0.3, -0.25) is 4.79 Å². The van der Waals surface area contributed by atoms with Crippen LogP contribution >= 0.6 is 0 Å². The van der Waals surface area contributed by atoms with Gasteiger partial charge in [0.05, 0.1) is 6.61 Å². The minimum absolute atomic E-state index is 0.0570. The van der Waals surface area contributed by atoms with Crippen LogP contribution in [0.3, 0.4) is 0 Å². The van der Waals surface area contributed by atoms with Crippen molar-refractivity contribution >= 4 is 11.6 Å². The molecule has 0 aliphatic carbocycles. The topological polar surface area (TPSA) is 52.6 Å². The molecule has 0 bridgehead atoms. The minimum Gasteiger partial charge on any atom is -0.392 e. The van der Waals surface area contributed by atoms with Gasteiger partial charge in [-0.05, 0) is 43.0 Å². The number of rotatable bonds is 3. The molecule has 1 aliphatic rings. The van der Waals surface area contributed by atoms with E-state index in [1.54, 1.807) is 6.92 Å². The number of nitrogens with zero attached hydrogens (tertiary/aromatic N) is 1. The van der Waals surface area contributed by atoms with Gasteiger partial charge in [0.2, 0.25) is 5.91 Å². The summed E-state index contributed by atoms with van der Waals surface area (Å²) in [6.07, 6.45) is 1.97. The van der Waals surface area contributed by atoms with E-state index < -0.39 is 0 Å². The highest BCUT2D eigenvalue weighted by Gasteiger charge is 2.20. The van der Waals surface area contributed by atoms with Crippen LogP contribution in [0.2, 0.25) is 0 Å². The van der Waals surface area contributed by atoms with Crippen LogP contribution in [0.5, 0.6) is 0 Å². The molecule has 2 N–H and O–H groups in total. The fourth-order valence-electron chi connectivity index (χ4n) is 2.62. The number of aryl methyl sites for hydroxylation is 1. The molecule has 0 atom stereocenters. The van der Waals surface area contributed by atoms with Gasteiger partial charge in [-0.1, -0.05) is 6.07 Å². The number of nitrogens with one attached hydrogen (secondary N) is 1. The number of benzene rings is 1. The second-order valence-corrected chi connectivity index (χ2v) is 5.23. The number of aliphatic hydroxyl groups is 1. The number of anilines is 1. The van der Waals surface area contributed by atoms with Crippen LogP contribution < -0.4 is 10.2 Å². The van der Waals surface area contributed by atoms with Crippen molar-refractivity contribution in [1.82, 2.24) is 5.32 Å². The lowest BCUT2D eigenvalue weighted by Crippen LogP contribution is -2.44. The van der Waals surface area contributed by atoms with E-state index in [-0.39, 0.29) is 12.5 Å². The first-order valence-electron chi connectivity index (χ1n) is 6.82. The minimum atomic E-state index is 0.0570. The standard InChI is InChI=1S/C15H22N2O2/c1-11-9-15(4-3-13(11)10-18)17-7-5-14(6-8-17)16-12(2)19/h3-4,9,14,18H,5-8,10H2,1-2H3,(H,16,19). The van der Waals surface area contributed by atoms with Gasteiger partial charge in [-0.2, -0.15) is 0 Å². The Labute approximate surface area is 114 Å². The Morgan fingerprint density at radius 1 is 1.42 bits per heavy atom. The van der Waals surface area contributed by atoms with Crippen molar-refractivity contribution in [3.8, 4) is 0 Å². The number of aliphatic hydroxyl groups excluding tert-OH is 1. The summed E-state index contributed by atoms with van der Waals surface area (Å²) >= 11 is 0. The van der Waals surface area contributed by atoms with Crippen molar-refractivity contribution in [3.05, 3.63) is 29.3 Å². The van der Waals surface area contributed by atoms with Gasteiger partial charge < -0.3 is 15.3 Å². The quantitative estimate of drug-likeness (QED) is 0.870. The molecule has 104 valence electrons. The summed E-state index contributed by atoms with van der Waals surface area (Å²) in [6, 6.07) is 6.50. The molecule has 1 aromatic rings. The Balaban J connectivity index is 1.97. The molecule has 0 radical (unpaired) electrons. The third-order valence-electron chi connectivity index (χ3n) is 3.76. The normalized spacial score (nSPS) is 16.5. The molecule has 1 fully saturated rings. The van der Waals surface area contributed by atoms with E-state index in [1.165, 1.54) is 5.69 Å². The Morgan fingerprint density at radius 3 is 2.63 bits per heavy atom. The van der Waals surface area contributed by atoms with Gasteiger partial charge in [0.1, 0.15) is 0 Å². The molecule has 1 aromatic carbocycles. The number of hydrogen-bond donors (Lipinski definition) is 2. The van der Waals surface area contributed by atoms with Crippen LogP contribution in [0.1, 0.15) is 30.9 Å². The van der Waals surface area contributed by atoms with Gasteiger partial charge in [0.25, 0.3) is 0 Å². The average Bonchev–Trinajstić information content (AvgIpc) is 2.39. The second-order valence-electron chi connectivity index (χ2n) is 5.23. The molecule has 1 saturated heterocycles. The van der Waals surface area contributed by atoms with E-state index in [1.807, 2.05) is 13.0 Å². The summed E-state index contributed by atoms with van der Waals surface area (Å²) in [5.74, 6) is 0.0570. The van der Waals surface area contributed by atoms with Crippen molar-refractivity contribution in [3.63, 3.8) is 0 Å². The number of carbonyl (C=O) groups is 1. The third-order valence-corrected chi connectivity index (χ3v) is 3.76. The lowest BCUT2D eigenvalue weighted by Gasteiger charge is -2.34. The second kappa shape index (κ2) is 6.06. The summed E-state index contributed by atoms with van der Waals surface area (Å²) in [6.45, 7) is 5.62. The third kappa shape index (κ3) is 3.47. The van der Waals surface area contributed by atoms with Crippen LogP contribution in [0.15, 0.2) is 18.2 Å². The number of carbonyl (C=O) groups excluding carboxylic acids is 1. The number of hydrogen-bond acceptors (Lipinski definition) is 3. The van der Waals surface area contributed by atoms with Crippen LogP contribution in [0, 0.1) is 6.92 Å². The first kappa shape index (κ1) is 13.9. The zero-order chi connectivity index (χ0) is 13.8. The Bertz CT molecular complexity index is 451. The first-order valence-corrected chi connectivity index (χ1v) is 6.82. The van der Waals surface area contributed by atoms with Crippen molar-refractivity contribution in [2.75, 3.05) is 18.0 Å². The number of amides is 1. The maximum Gasteiger partial charge on any atom is 0.217 e. The number of piperidine rings is 1. The van der Waals surface area contributed by atoms with Gasteiger partial charge in [-0.25, -0.2) is 0 Å². The predicted molar refractivity (Wildman–Crippen MR) is 76.2 cm³/mol. The monoisotopic (exact) mass is 262 g/mol. The van der Waals surface area contributed by atoms with Gasteiger partial charge in [-0.15, -0.1) is 0 Å². The Kier molecular flexibility index (Phi) is 4.43. The van der Waals surface area contributed by atoms with Gasteiger partial charge >= 0.3 is 0 Å². The summed E-state index contributed by atoms with van der Waals surface area (Å²) in [5.41, 5.74) is 3.32. The van der Waals surface area contributed by atoms with E-state index >= 15 is 0 Å². The molecule has 0 unspecified atom stereocenters. The summed E-state index contributed by atoms with van der Waals surface area (Å²) < 4.78 is 0. The predicted octanol–water partition coefficient (Wildman–Crippen LogP) is 1.59. The van der Waals surface area contributed by atoms with Crippen LogP contribution in [0.25, 0.3) is 0 Å². The molecule has 0 saturated carbocycles. The lowest BCUT2D eigenvalue weighted by atomic mass is 10.0. The molecular formula is C15H22N2O2. The molecule has 4 nitrogen and oxygen atoms in total. The molecule has 2 rings (SSSR count). The van der Waals surface area contributed by atoms with Crippen LogP contribution in [0.4, 0.5) is 5.69 Å².